The third-order valence-corrected chi connectivity index (χ3v) is 3.03. The second-order valence-electron chi connectivity index (χ2n) is 4.60. The molecule has 0 amide bonds. The molecule has 0 aromatic rings. The minimum absolute atomic E-state index is 0.0332. The molecule has 0 N–H and O–H groups in total. The zero-order valence-corrected chi connectivity index (χ0v) is 12.6. The monoisotopic (exact) mass is 302 g/mol. The molecule has 1 aliphatic rings. The van der Waals surface area contributed by atoms with Crippen LogP contribution in [-0.2, 0) is 33.3 Å². The van der Waals surface area contributed by atoms with Gasteiger partial charge in [0.25, 0.3) is 0 Å². The van der Waals surface area contributed by atoms with E-state index in [1.807, 2.05) is 0 Å². The maximum atomic E-state index is 11.5. The molecule has 1 fully saturated rings. The summed E-state index contributed by atoms with van der Waals surface area (Å²) < 4.78 is 20.9. The maximum Gasteiger partial charge on any atom is 0.306 e. The van der Waals surface area contributed by atoms with Crippen LogP contribution in [0.4, 0.5) is 0 Å². The summed E-state index contributed by atoms with van der Waals surface area (Å²) >= 11 is 0. The van der Waals surface area contributed by atoms with Gasteiger partial charge in [-0.15, -0.1) is 0 Å². The Hall–Kier alpha value is -1.63. The molecule has 0 aromatic carbocycles. The van der Waals surface area contributed by atoms with Crippen molar-refractivity contribution in [2.75, 3.05) is 13.2 Å². The highest BCUT2D eigenvalue weighted by atomic mass is 16.6. The first kappa shape index (κ1) is 17.4. The molecule has 0 saturated carbocycles. The summed E-state index contributed by atoms with van der Waals surface area (Å²) in [4.78, 5) is 34.1. The Kier molecular flexibility index (Phi) is 7.14. The zero-order valence-electron chi connectivity index (χ0n) is 12.6. The molecular weight excluding hydrogens is 280 g/mol. The molecule has 7 nitrogen and oxygen atoms in total. The summed E-state index contributed by atoms with van der Waals surface area (Å²) in [5, 5.41) is 0. The quantitative estimate of drug-likeness (QED) is 0.511. The average molecular weight is 302 g/mol. The van der Waals surface area contributed by atoms with Gasteiger partial charge in [-0.2, -0.15) is 0 Å². The molecule has 0 aromatic heterocycles. The fourth-order valence-corrected chi connectivity index (χ4v) is 1.81. The lowest BCUT2D eigenvalue weighted by Gasteiger charge is -2.22. The molecule has 3 atom stereocenters. The van der Waals surface area contributed by atoms with Gasteiger partial charge in [0.1, 0.15) is 12.7 Å². The molecule has 0 spiro atoms. The van der Waals surface area contributed by atoms with Gasteiger partial charge in [-0.3, -0.25) is 14.4 Å². The fraction of sp³-hybridized carbons (Fsp3) is 0.786. The van der Waals surface area contributed by atoms with Gasteiger partial charge in [-0.1, -0.05) is 20.8 Å². The normalized spacial score (nSPS) is 24.4. The molecule has 1 heterocycles. The van der Waals surface area contributed by atoms with Gasteiger partial charge in [0.05, 0.1) is 6.61 Å². The topological polar surface area (TPSA) is 88.1 Å². The van der Waals surface area contributed by atoms with Crippen molar-refractivity contribution in [1.82, 2.24) is 0 Å². The molecule has 3 unspecified atom stereocenters. The lowest BCUT2D eigenvalue weighted by atomic mass is 10.1. The molecule has 21 heavy (non-hydrogen) atoms. The van der Waals surface area contributed by atoms with E-state index in [-0.39, 0.29) is 38.4 Å². The minimum atomic E-state index is -0.752. The predicted octanol–water partition coefficient (Wildman–Crippen LogP) is 0.982. The fourth-order valence-electron chi connectivity index (χ4n) is 1.81. The third-order valence-electron chi connectivity index (χ3n) is 3.03. The van der Waals surface area contributed by atoms with Gasteiger partial charge in [0.15, 0.2) is 12.2 Å². The Morgan fingerprint density at radius 1 is 0.952 bits per heavy atom. The van der Waals surface area contributed by atoms with Gasteiger partial charge in [0.2, 0.25) is 0 Å². The number of hydrogen-bond donors (Lipinski definition) is 0. The first-order chi connectivity index (χ1) is 10.0. The van der Waals surface area contributed by atoms with Crippen LogP contribution >= 0.6 is 0 Å². The number of hydrogen-bond acceptors (Lipinski definition) is 7. The molecular formula is C14H22O7. The number of carbonyl (C=O) groups excluding carboxylic acids is 3. The Bertz CT molecular complexity index is 380. The van der Waals surface area contributed by atoms with Crippen molar-refractivity contribution in [3.05, 3.63) is 0 Å². The summed E-state index contributed by atoms with van der Waals surface area (Å²) in [5.74, 6) is -1.18. The Morgan fingerprint density at radius 3 is 2.10 bits per heavy atom. The minimum Gasteiger partial charge on any atom is -0.463 e. The molecule has 1 rings (SSSR count). The van der Waals surface area contributed by atoms with Crippen LogP contribution < -0.4 is 0 Å². The molecule has 0 radical (unpaired) electrons. The number of carbonyl (C=O) groups is 3. The standard InChI is InChI=1S/C14H22O7/c1-4-11(15)19-7-9-14(21-13(17)6-3)10(8-18-9)20-12(16)5-2/h9-10,14H,4-8H2,1-3H3. The van der Waals surface area contributed by atoms with E-state index >= 15 is 0 Å². The van der Waals surface area contributed by atoms with E-state index < -0.39 is 30.3 Å². The summed E-state index contributed by atoms with van der Waals surface area (Å²) in [5.41, 5.74) is 0. The largest absolute Gasteiger partial charge is 0.463 e. The highest BCUT2D eigenvalue weighted by molar-refractivity contribution is 5.70. The van der Waals surface area contributed by atoms with Crippen molar-refractivity contribution >= 4 is 17.9 Å². The summed E-state index contributed by atoms with van der Waals surface area (Å²) in [6, 6.07) is 0. The van der Waals surface area contributed by atoms with Crippen molar-refractivity contribution in [2.45, 2.75) is 58.3 Å². The molecule has 7 heteroatoms. The van der Waals surface area contributed by atoms with Gasteiger partial charge in [-0.05, 0) is 0 Å². The van der Waals surface area contributed by atoms with Crippen LogP contribution in [0.25, 0.3) is 0 Å². The second-order valence-corrected chi connectivity index (χ2v) is 4.60. The van der Waals surface area contributed by atoms with Crippen LogP contribution in [-0.4, -0.2) is 49.4 Å². The van der Waals surface area contributed by atoms with E-state index in [1.54, 1.807) is 20.8 Å². The SMILES string of the molecule is CCC(=O)OCC1OCC(OC(=O)CC)C1OC(=O)CC. The van der Waals surface area contributed by atoms with E-state index in [9.17, 15) is 14.4 Å². The Labute approximate surface area is 123 Å². The molecule has 120 valence electrons. The van der Waals surface area contributed by atoms with Crippen molar-refractivity contribution in [3.63, 3.8) is 0 Å². The Balaban J connectivity index is 2.66. The summed E-state index contributed by atoms with van der Waals surface area (Å²) in [7, 11) is 0. The van der Waals surface area contributed by atoms with E-state index in [0.717, 1.165) is 0 Å². The van der Waals surface area contributed by atoms with E-state index in [1.165, 1.54) is 0 Å². The van der Waals surface area contributed by atoms with Crippen molar-refractivity contribution < 1.29 is 33.3 Å². The van der Waals surface area contributed by atoms with Crippen molar-refractivity contribution in [3.8, 4) is 0 Å². The van der Waals surface area contributed by atoms with Gasteiger partial charge < -0.3 is 18.9 Å². The molecule has 1 aliphatic heterocycles. The number of ether oxygens (including phenoxy) is 4. The average Bonchev–Trinajstić information content (AvgIpc) is 2.86. The number of rotatable bonds is 7. The predicted molar refractivity (Wildman–Crippen MR) is 71.3 cm³/mol. The van der Waals surface area contributed by atoms with Crippen LogP contribution in [0.2, 0.25) is 0 Å². The van der Waals surface area contributed by atoms with Crippen LogP contribution in [0.3, 0.4) is 0 Å². The van der Waals surface area contributed by atoms with Crippen LogP contribution in [0.5, 0.6) is 0 Å². The highest BCUT2D eigenvalue weighted by Crippen LogP contribution is 2.22. The highest BCUT2D eigenvalue weighted by Gasteiger charge is 2.43. The zero-order chi connectivity index (χ0) is 15.8. The van der Waals surface area contributed by atoms with Crippen LogP contribution in [0.15, 0.2) is 0 Å². The first-order valence-corrected chi connectivity index (χ1v) is 7.17. The molecule has 0 aliphatic carbocycles. The van der Waals surface area contributed by atoms with E-state index in [0.29, 0.717) is 0 Å². The van der Waals surface area contributed by atoms with Gasteiger partial charge >= 0.3 is 17.9 Å². The van der Waals surface area contributed by atoms with E-state index in [4.69, 9.17) is 18.9 Å². The lowest BCUT2D eigenvalue weighted by Crippen LogP contribution is -2.40. The van der Waals surface area contributed by atoms with Crippen LogP contribution in [0, 0.1) is 0 Å². The van der Waals surface area contributed by atoms with Gasteiger partial charge in [0, 0.05) is 19.3 Å². The van der Waals surface area contributed by atoms with E-state index in [2.05, 4.69) is 0 Å². The van der Waals surface area contributed by atoms with Crippen molar-refractivity contribution in [2.24, 2.45) is 0 Å². The Morgan fingerprint density at radius 2 is 1.52 bits per heavy atom. The molecule has 0 bridgehead atoms. The van der Waals surface area contributed by atoms with Crippen molar-refractivity contribution in [1.29, 1.82) is 0 Å². The number of esters is 3. The summed E-state index contributed by atoms with van der Waals surface area (Å²) in [6.45, 7) is 5.09. The smallest absolute Gasteiger partial charge is 0.306 e. The summed E-state index contributed by atoms with van der Waals surface area (Å²) in [6.07, 6.45) is -1.37. The van der Waals surface area contributed by atoms with Crippen LogP contribution in [0.1, 0.15) is 40.0 Å². The molecule has 1 saturated heterocycles. The maximum absolute atomic E-state index is 11.5. The first-order valence-electron chi connectivity index (χ1n) is 7.17. The lowest BCUT2D eigenvalue weighted by molar-refractivity contribution is -0.167. The second kappa shape index (κ2) is 8.61. The van der Waals surface area contributed by atoms with Gasteiger partial charge in [-0.25, -0.2) is 0 Å². The third kappa shape index (κ3) is 5.34.